The van der Waals surface area contributed by atoms with E-state index in [2.05, 4.69) is 10.1 Å². The standard InChI is InChI=1S/C15H11ClF3N3/c1-8-13-11(15(16,18)19)7-12(20-14(13)22(2)21-8)9-3-5-10(17)6-4-9/h3-7H,1-2H3. The van der Waals surface area contributed by atoms with E-state index < -0.39 is 11.2 Å². The summed E-state index contributed by atoms with van der Waals surface area (Å²) in [5.74, 6) is -0.413. The molecule has 114 valence electrons. The summed E-state index contributed by atoms with van der Waals surface area (Å²) in [6.45, 7) is 1.62. The molecule has 0 amide bonds. The molecule has 2 aromatic heterocycles. The first-order chi connectivity index (χ1) is 10.3. The van der Waals surface area contributed by atoms with Crippen LogP contribution in [0.3, 0.4) is 0 Å². The summed E-state index contributed by atoms with van der Waals surface area (Å²) in [6.07, 6.45) is 0. The fourth-order valence-corrected chi connectivity index (χ4v) is 2.59. The lowest BCUT2D eigenvalue weighted by Gasteiger charge is -2.12. The third-order valence-electron chi connectivity index (χ3n) is 3.41. The van der Waals surface area contributed by atoms with Crippen molar-refractivity contribution in [3.63, 3.8) is 0 Å². The highest BCUT2D eigenvalue weighted by atomic mass is 35.5. The van der Waals surface area contributed by atoms with Gasteiger partial charge < -0.3 is 0 Å². The van der Waals surface area contributed by atoms with Gasteiger partial charge in [-0.1, -0.05) is 0 Å². The topological polar surface area (TPSA) is 30.7 Å². The van der Waals surface area contributed by atoms with Crippen LogP contribution in [-0.4, -0.2) is 14.8 Å². The molecule has 0 atom stereocenters. The van der Waals surface area contributed by atoms with Crippen molar-refractivity contribution in [1.82, 2.24) is 14.8 Å². The molecule has 0 saturated heterocycles. The van der Waals surface area contributed by atoms with E-state index in [9.17, 15) is 13.2 Å². The molecule has 0 aliphatic rings. The lowest BCUT2D eigenvalue weighted by atomic mass is 10.1. The van der Waals surface area contributed by atoms with Crippen LogP contribution in [0.1, 0.15) is 11.3 Å². The molecule has 0 N–H and O–H groups in total. The Kier molecular flexibility index (Phi) is 3.36. The van der Waals surface area contributed by atoms with Gasteiger partial charge in [-0.15, -0.1) is 0 Å². The van der Waals surface area contributed by atoms with Gasteiger partial charge in [0, 0.05) is 12.6 Å². The number of hydrogen-bond donors (Lipinski definition) is 0. The van der Waals surface area contributed by atoms with E-state index >= 15 is 0 Å². The van der Waals surface area contributed by atoms with Crippen molar-refractivity contribution in [3.8, 4) is 11.3 Å². The first kappa shape index (κ1) is 14.8. The minimum atomic E-state index is -3.55. The first-order valence-electron chi connectivity index (χ1n) is 6.45. The minimum Gasteiger partial charge on any atom is -0.250 e. The number of aromatic nitrogens is 3. The fourth-order valence-electron chi connectivity index (χ4n) is 2.44. The van der Waals surface area contributed by atoms with Gasteiger partial charge in [-0.2, -0.15) is 13.9 Å². The zero-order chi connectivity index (χ0) is 16.1. The number of nitrogens with zero attached hydrogens (tertiary/aromatic N) is 3. The molecule has 3 rings (SSSR count). The molecule has 2 heterocycles. The summed E-state index contributed by atoms with van der Waals surface area (Å²) < 4.78 is 42.0. The quantitative estimate of drug-likeness (QED) is 0.655. The van der Waals surface area contributed by atoms with Crippen LogP contribution >= 0.6 is 11.6 Å². The Morgan fingerprint density at radius 3 is 2.41 bits per heavy atom. The van der Waals surface area contributed by atoms with Crippen LogP contribution in [0.4, 0.5) is 13.2 Å². The van der Waals surface area contributed by atoms with Crippen LogP contribution < -0.4 is 0 Å². The Morgan fingerprint density at radius 1 is 1.18 bits per heavy atom. The molecule has 22 heavy (non-hydrogen) atoms. The molecule has 0 bridgehead atoms. The predicted molar refractivity (Wildman–Crippen MR) is 78.4 cm³/mol. The normalized spacial score (nSPS) is 12.1. The van der Waals surface area contributed by atoms with E-state index in [1.807, 2.05) is 0 Å². The Balaban J connectivity index is 2.34. The Labute approximate surface area is 129 Å². The van der Waals surface area contributed by atoms with Gasteiger partial charge in [0.1, 0.15) is 5.82 Å². The smallest absolute Gasteiger partial charge is 0.250 e. The Hall–Kier alpha value is -2.08. The largest absolute Gasteiger partial charge is 0.349 e. The van der Waals surface area contributed by atoms with Crippen LogP contribution in [0.5, 0.6) is 0 Å². The zero-order valence-electron chi connectivity index (χ0n) is 11.7. The molecule has 0 saturated carbocycles. The maximum atomic E-state index is 13.8. The molecule has 1 aromatic carbocycles. The van der Waals surface area contributed by atoms with Crippen LogP contribution in [0.2, 0.25) is 0 Å². The summed E-state index contributed by atoms with van der Waals surface area (Å²) in [5.41, 5.74) is 1.17. The second-order valence-corrected chi connectivity index (χ2v) is 5.44. The average molecular weight is 326 g/mol. The number of halogens is 4. The highest BCUT2D eigenvalue weighted by Gasteiger charge is 2.33. The van der Waals surface area contributed by atoms with Crippen molar-refractivity contribution in [2.75, 3.05) is 0 Å². The van der Waals surface area contributed by atoms with Gasteiger partial charge in [-0.25, -0.2) is 9.37 Å². The van der Waals surface area contributed by atoms with Crippen molar-refractivity contribution in [2.45, 2.75) is 12.3 Å². The second kappa shape index (κ2) is 4.98. The predicted octanol–water partition coefficient (Wildman–Crippen LogP) is 4.37. The summed E-state index contributed by atoms with van der Waals surface area (Å²) in [6, 6.07) is 6.66. The van der Waals surface area contributed by atoms with E-state index in [-0.39, 0.29) is 16.6 Å². The molecule has 0 spiro atoms. The van der Waals surface area contributed by atoms with Gasteiger partial charge in [0.25, 0.3) is 0 Å². The number of alkyl halides is 3. The molecule has 0 fully saturated rings. The van der Waals surface area contributed by atoms with E-state index in [0.29, 0.717) is 16.9 Å². The lowest BCUT2D eigenvalue weighted by molar-refractivity contribution is 0.0968. The maximum Gasteiger partial charge on any atom is 0.349 e. The summed E-state index contributed by atoms with van der Waals surface area (Å²) in [4.78, 5) is 4.36. The molecule has 0 unspecified atom stereocenters. The second-order valence-electron chi connectivity index (χ2n) is 4.97. The number of fused-ring (bicyclic) bond motifs is 1. The molecule has 0 aliphatic carbocycles. The average Bonchev–Trinajstić information content (AvgIpc) is 2.73. The highest BCUT2D eigenvalue weighted by Crippen LogP contribution is 2.39. The summed E-state index contributed by atoms with van der Waals surface area (Å²) in [5, 5.41) is 0.794. The SMILES string of the molecule is Cc1nn(C)c2nc(-c3ccc(F)cc3)cc(C(F)(F)Cl)c12. The van der Waals surface area contributed by atoms with Gasteiger partial charge in [0.15, 0.2) is 5.65 Å². The van der Waals surface area contributed by atoms with E-state index in [1.165, 1.54) is 35.0 Å². The van der Waals surface area contributed by atoms with Gasteiger partial charge in [-0.3, -0.25) is 4.68 Å². The maximum absolute atomic E-state index is 13.8. The molecule has 0 aliphatic heterocycles. The molecule has 3 nitrogen and oxygen atoms in total. The first-order valence-corrected chi connectivity index (χ1v) is 6.82. The Morgan fingerprint density at radius 2 is 1.82 bits per heavy atom. The number of pyridine rings is 1. The van der Waals surface area contributed by atoms with Gasteiger partial charge in [0.2, 0.25) is 0 Å². The van der Waals surface area contributed by atoms with Crippen LogP contribution in [0.25, 0.3) is 22.3 Å². The van der Waals surface area contributed by atoms with Crippen molar-refractivity contribution in [3.05, 3.63) is 47.4 Å². The van der Waals surface area contributed by atoms with Crippen LogP contribution in [0.15, 0.2) is 30.3 Å². The van der Waals surface area contributed by atoms with Gasteiger partial charge in [0.05, 0.1) is 22.3 Å². The van der Waals surface area contributed by atoms with E-state index in [4.69, 9.17) is 11.6 Å². The van der Waals surface area contributed by atoms with Crippen molar-refractivity contribution in [2.24, 2.45) is 7.05 Å². The number of benzene rings is 1. The van der Waals surface area contributed by atoms with E-state index in [1.54, 1.807) is 14.0 Å². The lowest BCUT2D eigenvalue weighted by Crippen LogP contribution is -2.06. The summed E-state index contributed by atoms with van der Waals surface area (Å²) in [7, 11) is 1.62. The molecule has 7 heteroatoms. The molecular formula is C15H11ClF3N3. The van der Waals surface area contributed by atoms with Crippen molar-refractivity contribution in [1.29, 1.82) is 0 Å². The van der Waals surface area contributed by atoms with Crippen LogP contribution in [0, 0.1) is 12.7 Å². The van der Waals surface area contributed by atoms with Crippen LogP contribution in [-0.2, 0) is 12.4 Å². The Bertz CT molecular complexity index is 851. The summed E-state index contributed by atoms with van der Waals surface area (Å²) >= 11 is 5.25. The third kappa shape index (κ3) is 2.43. The van der Waals surface area contributed by atoms with Gasteiger partial charge in [-0.05, 0) is 48.9 Å². The molecule has 0 radical (unpaired) electrons. The monoisotopic (exact) mass is 325 g/mol. The third-order valence-corrected chi connectivity index (χ3v) is 3.62. The number of aryl methyl sites for hydroxylation is 2. The fraction of sp³-hybridized carbons (Fsp3) is 0.200. The molecular weight excluding hydrogens is 315 g/mol. The van der Waals surface area contributed by atoms with Gasteiger partial charge >= 0.3 is 5.38 Å². The molecule has 3 aromatic rings. The zero-order valence-corrected chi connectivity index (χ0v) is 12.5. The van der Waals surface area contributed by atoms with E-state index in [0.717, 1.165) is 0 Å². The van der Waals surface area contributed by atoms with Crippen molar-refractivity contribution >= 4 is 22.6 Å². The van der Waals surface area contributed by atoms with Crippen molar-refractivity contribution < 1.29 is 13.2 Å². The highest BCUT2D eigenvalue weighted by molar-refractivity contribution is 6.22. The number of rotatable bonds is 2. The minimum absolute atomic E-state index is 0.230. The number of hydrogen-bond acceptors (Lipinski definition) is 2.